The molecule has 68 heavy (non-hydrogen) atoms. The van der Waals surface area contributed by atoms with Gasteiger partial charge in [-0.25, -0.2) is 17.6 Å². The molecule has 3 heterocycles. The van der Waals surface area contributed by atoms with Gasteiger partial charge in [0.2, 0.25) is 0 Å². The Bertz CT molecular complexity index is 2510. The number of likely N-dealkylation sites (N-methyl/N-ethyl adjacent to an activating group) is 2. The molecule has 2 atom stereocenters. The molecule has 1 saturated heterocycles. The van der Waals surface area contributed by atoms with Crippen molar-refractivity contribution < 1.29 is 45.9 Å². The van der Waals surface area contributed by atoms with E-state index in [9.17, 15) is 27.2 Å². The highest BCUT2D eigenvalue weighted by Crippen LogP contribution is 2.38. The fraction of sp³-hybridized carbons (Fsp3) is 0.347. The Morgan fingerprint density at radius 2 is 1.25 bits per heavy atom. The normalized spacial score (nSPS) is 15.2. The number of ether oxygens (including phenoxy) is 2. The van der Waals surface area contributed by atoms with Gasteiger partial charge in [0.25, 0.3) is 11.8 Å². The van der Waals surface area contributed by atoms with Gasteiger partial charge >= 0.3 is 7.12 Å². The molecule has 0 spiro atoms. The maximum Gasteiger partial charge on any atom is 0.496 e. The van der Waals surface area contributed by atoms with Crippen LogP contribution in [0.25, 0.3) is 11.1 Å². The Kier molecular flexibility index (Phi) is 19.1. The molecule has 0 saturated carbocycles. The van der Waals surface area contributed by atoms with Gasteiger partial charge in [-0.1, -0.05) is 32.1 Å². The summed E-state index contributed by atoms with van der Waals surface area (Å²) < 4.78 is 79.7. The molecular weight excluding hydrogens is 949 g/mol. The summed E-state index contributed by atoms with van der Waals surface area (Å²) in [6, 6.07) is 15.3. The van der Waals surface area contributed by atoms with Crippen LogP contribution in [0.1, 0.15) is 85.5 Å². The van der Waals surface area contributed by atoms with Crippen molar-refractivity contribution in [1.82, 2.24) is 31.5 Å². The van der Waals surface area contributed by atoms with Crippen molar-refractivity contribution in [1.29, 1.82) is 0 Å². The molecule has 5 aromatic rings. The molecular formula is C49H57BBrF4N7O6. The van der Waals surface area contributed by atoms with Crippen LogP contribution < -0.4 is 30.7 Å². The predicted octanol–water partition coefficient (Wildman–Crippen LogP) is 8.89. The Labute approximate surface area is 403 Å². The van der Waals surface area contributed by atoms with Crippen molar-refractivity contribution in [3.8, 4) is 22.6 Å². The van der Waals surface area contributed by atoms with Crippen LogP contribution in [0.2, 0.25) is 0 Å². The van der Waals surface area contributed by atoms with Gasteiger partial charge in [0, 0.05) is 58.9 Å². The van der Waals surface area contributed by atoms with E-state index >= 15 is 0 Å². The number of rotatable bonds is 16. The number of H-pyrrole nitrogens is 1. The van der Waals surface area contributed by atoms with Crippen LogP contribution in [-0.2, 0) is 9.31 Å². The maximum absolute atomic E-state index is 14.3. The van der Waals surface area contributed by atoms with Crippen LogP contribution >= 0.6 is 15.9 Å². The van der Waals surface area contributed by atoms with Crippen molar-refractivity contribution >= 4 is 41.1 Å². The van der Waals surface area contributed by atoms with E-state index in [4.69, 9.17) is 18.8 Å². The lowest BCUT2D eigenvalue weighted by atomic mass is 9.79. The third-order valence-electron chi connectivity index (χ3n) is 11.4. The summed E-state index contributed by atoms with van der Waals surface area (Å²) in [6.45, 7) is 14.3. The monoisotopic (exact) mass is 1010 g/mol. The number of hydrogen-bond acceptors (Lipinski definition) is 10. The first kappa shape index (κ1) is 53.1. The molecule has 0 unspecified atom stereocenters. The van der Waals surface area contributed by atoms with Crippen molar-refractivity contribution in [2.45, 2.75) is 64.8 Å². The lowest BCUT2D eigenvalue weighted by Crippen LogP contribution is -2.41. The lowest BCUT2D eigenvalue weighted by Gasteiger charge is -2.32. The molecule has 13 nitrogen and oxygen atoms in total. The van der Waals surface area contributed by atoms with Crippen molar-refractivity contribution in [3.63, 3.8) is 0 Å². The quantitative estimate of drug-likeness (QED) is 0.0481. The molecule has 4 aromatic carbocycles. The number of allylic oxidation sites excluding steroid dienone is 1. The number of carbonyl (C=O) groups excluding carboxylic acids is 2. The van der Waals surface area contributed by atoms with Gasteiger partial charge in [-0.05, 0) is 123 Å². The topological polar surface area (TPSA) is 160 Å². The van der Waals surface area contributed by atoms with Crippen LogP contribution in [0.15, 0.2) is 106 Å². The van der Waals surface area contributed by atoms with Gasteiger partial charge in [0.1, 0.15) is 34.8 Å². The number of aromatic amines is 1. The number of nitrogens with one attached hydrogen (secondary N) is 5. The minimum atomic E-state index is -0.872. The summed E-state index contributed by atoms with van der Waals surface area (Å²) in [5.74, 6) is -2.74. The average molecular weight is 1010 g/mol. The molecule has 0 radical (unpaired) electrons. The zero-order valence-electron chi connectivity index (χ0n) is 39.2. The Morgan fingerprint density at radius 3 is 1.68 bits per heavy atom. The second-order valence-corrected chi connectivity index (χ2v) is 17.3. The minimum Gasteiger partial charge on any atom is -0.496 e. The standard InChI is InChI=1S/C21H22F2N4O2.C18H19BrF2N2O2.C10H16BNO2/c1-3-24-12-18(20-16(22)5-4-6-17(20)23)27-21(28)13-7-8-15(19(9-13)29-2)14-10-25-26-11-14;1-3-22-10-15(17-13(20)5-4-6-14(17)21)23-18(24)11-7-8-12(19)16(9-11)25-2;1-9(2)10(3,4)14-11(13-9)8-5-6-12-7-8/h4-11,18,24H,3,12H2,1-2H3,(H,25,26)(H,27,28);4-9,15,22H,3,10H2,1-2H3,(H,23,24);5,7H,6H2,1-4H3/t18-;15-;/m11./s1. The Balaban J connectivity index is 0.000000201. The van der Waals surface area contributed by atoms with Gasteiger partial charge in [0.05, 0.1) is 54.7 Å². The molecule has 2 aliphatic rings. The number of hydrogen-bond donors (Lipinski definition) is 5. The van der Waals surface area contributed by atoms with E-state index in [1.807, 2.05) is 26.1 Å². The maximum atomic E-state index is 14.3. The highest BCUT2D eigenvalue weighted by molar-refractivity contribution is 9.10. The Morgan fingerprint density at radius 1 is 0.765 bits per heavy atom. The molecule has 2 aliphatic heterocycles. The van der Waals surface area contributed by atoms with E-state index in [1.165, 1.54) is 50.6 Å². The fourth-order valence-electron chi connectivity index (χ4n) is 6.97. The molecule has 1 aromatic heterocycles. The molecule has 2 amide bonds. The number of halogens is 5. The second kappa shape index (κ2) is 24.4. The largest absolute Gasteiger partial charge is 0.496 e. The van der Waals surface area contributed by atoms with E-state index in [0.29, 0.717) is 40.2 Å². The van der Waals surface area contributed by atoms with Crippen LogP contribution in [0.3, 0.4) is 0 Å². The van der Waals surface area contributed by atoms with Gasteiger partial charge in [-0.3, -0.25) is 19.7 Å². The number of amides is 2. The number of methoxy groups -OCH3 is 2. The van der Waals surface area contributed by atoms with E-state index in [1.54, 1.807) is 48.8 Å². The van der Waals surface area contributed by atoms with Gasteiger partial charge in [-0.2, -0.15) is 5.10 Å². The molecule has 7 rings (SSSR count). The third kappa shape index (κ3) is 13.4. The second-order valence-electron chi connectivity index (χ2n) is 16.5. The van der Waals surface area contributed by atoms with Gasteiger partial charge in [0.15, 0.2) is 0 Å². The summed E-state index contributed by atoms with van der Waals surface area (Å²) in [5, 5.41) is 18.1. The molecule has 362 valence electrons. The summed E-state index contributed by atoms with van der Waals surface area (Å²) in [7, 11) is 2.75. The van der Waals surface area contributed by atoms with Crippen molar-refractivity contribution in [2.24, 2.45) is 4.99 Å². The zero-order chi connectivity index (χ0) is 49.6. The summed E-state index contributed by atoms with van der Waals surface area (Å²) in [5.41, 5.74) is 2.41. The minimum absolute atomic E-state index is 0.166. The highest BCUT2D eigenvalue weighted by atomic mass is 79.9. The fourth-order valence-corrected chi connectivity index (χ4v) is 7.38. The molecule has 1 fully saturated rings. The van der Waals surface area contributed by atoms with Crippen LogP contribution in [0.5, 0.6) is 11.5 Å². The van der Waals surface area contributed by atoms with Gasteiger partial charge in [-0.15, -0.1) is 0 Å². The smallest absolute Gasteiger partial charge is 0.496 e. The van der Waals surface area contributed by atoms with E-state index in [2.05, 4.69) is 80.1 Å². The molecule has 0 aliphatic carbocycles. The number of benzene rings is 4. The SMILES string of the molecule is CC1(C)OB(C2=CCN=C2)OC1(C)C.CCNC[C@@H](NC(=O)c1ccc(-c2cn[nH]c2)c(OC)c1)c1c(F)cccc1F.CCNC[C@@H](NC(=O)c1ccc(Br)c(OC)c1)c1c(F)cccc1F. The Hall–Kier alpha value is -5.86. The number of carbonyl (C=O) groups is 2. The van der Waals surface area contributed by atoms with E-state index in [-0.39, 0.29) is 42.5 Å². The van der Waals surface area contributed by atoms with Crippen molar-refractivity contribution in [2.75, 3.05) is 46.9 Å². The zero-order valence-corrected chi connectivity index (χ0v) is 40.8. The van der Waals surface area contributed by atoms with Crippen LogP contribution in [0.4, 0.5) is 17.6 Å². The van der Waals surface area contributed by atoms with Crippen LogP contribution in [0, 0.1) is 23.3 Å². The predicted molar refractivity (Wildman–Crippen MR) is 259 cm³/mol. The number of aliphatic imine (C=N–C) groups is 1. The first-order valence-electron chi connectivity index (χ1n) is 21.9. The third-order valence-corrected chi connectivity index (χ3v) is 12.0. The molecule has 5 N–H and O–H groups in total. The number of aromatic nitrogens is 2. The summed E-state index contributed by atoms with van der Waals surface area (Å²) >= 11 is 3.31. The summed E-state index contributed by atoms with van der Waals surface area (Å²) in [4.78, 5) is 29.5. The first-order chi connectivity index (χ1) is 32.4. The number of nitrogens with zero attached hydrogens (tertiary/aromatic N) is 2. The average Bonchev–Trinajstić information content (AvgIpc) is 4.09. The van der Waals surface area contributed by atoms with Crippen molar-refractivity contribution in [3.05, 3.63) is 147 Å². The van der Waals surface area contributed by atoms with Crippen LogP contribution in [-0.4, -0.2) is 93.5 Å². The summed E-state index contributed by atoms with van der Waals surface area (Å²) in [6.07, 6.45) is 7.24. The molecule has 19 heteroatoms. The first-order valence-corrected chi connectivity index (χ1v) is 22.7. The van der Waals surface area contributed by atoms with Gasteiger partial charge < -0.3 is 40.0 Å². The van der Waals surface area contributed by atoms with E-state index < -0.39 is 47.2 Å². The highest BCUT2D eigenvalue weighted by Gasteiger charge is 2.52. The lowest BCUT2D eigenvalue weighted by molar-refractivity contribution is 0.00578. The van der Waals surface area contributed by atoms with E-state index in [0.717, 1.165) is 23.1 Å². The molecule has 0 bridgehead atoms.